The smallest absolute Gasteiger partial charge is 0.161 e. The maximum Gasteiger partial charge on any atom is 0.161 e. The molecule has 1 spiro atoms. The molecule has 50 heavy (non-hydrogen) atoms. The standard InChI is InChI=1S/C47H35N3/c48-31-32-25-26-40-42(29-32)47(27-12-3-13-28-47)41-24-14-23-38(45(40)41)36-20-9-10-21-37(36)44-30-43(34-17-6-2-7-18-34)49-46(50-44)39-22-11-8-19-35(39)33-15-4-1-5-16-33/h1-2,4-11,14-26,29-30H,3,12-13,27-28H2. The molecule has 1 heterocycles. The van der Waals surface area contributed by atoms with Crippen LogP contribution in [0.4, 0.5) is 0 Å². The van der Waals surface area contributed by atoms with Gasteiger partial charge < -0.3 is 0 Å². The molecule has 0 bridgehead atoms. The summed E-state index contributed by atoms with van der Waals surface area (Å²) in [7, 11) is 0. The van der Waals surface area contributed by atoms with E-state index in [0.717, 1.165) is 63.2 Å². The molecule has 0 atom stereocenters. The van der Waals surface area contributed by atoms with E-state index in [0.29, 0.717) is 5.82 Å². The van der Waals surface area contributed by atoms with Crippen LogP contribution in [0.5, 0.6) is 0 Å². The average Bonchev–Trinajstić information content (AvgIpc) is 3.46. The van der Waals surface area contributed by atoms with E-state index in [9.17, 15) is 5.26 Å². The van der Waals surface area contributed by atoms with Gasteiger partial charge in [-0.25, -0.2) is 9.97 Å². The molecule has 6 aromatic carbocycles. The molecule has 2 aliphatic carbocycles. The first kappa shape index (κ1) is 30.0. The second kappa shape index (κ2) is 12.4. The van der Waals surface area contributed by atoms with Gasteiger partial charge in [-0.2, -0.15) is 5.26 Å². The fourth-order valence-electron chi connectivity index (χ4n) is 8.48. The summed E-state index contributed by atoms with van der Waals surface area (Å²) >= 11 is 0. The van der Waals surface area contributed by atoms with Crippen LogP contribution in [0.15, 0.2) is 152 Å². The minimum Gasteiger partial charge on any atom is -0.228 e. The van der Waals surface area contributed by atoms with E-state index in [2.05, 4.69) is 140 Å². The minimum atomic E-state index is -0.0511. The Morgan fingerprint density at radius 2 is 1.08 bits per heavy atom. The first-order chi connectivity index (χ1) is 24.7. The average molecular weight is 642 g/mol. The molecule has 238 valence electrons. The molecule has 1 fully saturated rings. The quantitative estimate of drug-likeness (QED) is 0.188. The number of rotatable bonds is 5. The lowest BCUT2D eigenvalue weighted by Crippen LogP contribution is -2.28. The Labute approximate surface area is 293 Å². The zero-order valence-electron chi connectivity index (χ0n) is 27.8. The summed E-state index contributed by atoms with van der Waals surface area (Å²) in [6.45, 7) is 0. The van der Waals surface area contributed by atoms with Crippen molar-refractivity contribution in [1.82, 2.24) is 9.97 Å². The Morgan fingerprint density at radius 3 is 1.82 bits per heavy atom. The first-order valence-corrected chi connectivity index (χ1v) is 17.6. The van der Waals surface area contributed by atoms with Crippen molar-refractivity contribution in [3.63, 3.8) is 0 Å². The maximum absolute atomic E-state index is 9.90. The van der Waals surface area contributed by atoms with Gasteiger partial charge in [0.2, 0.25) is 0 Å². The highest BCUT2D eigenvalue weighted by atomic mass is 14.9. The Hall–Kier alpha value is -6.11. The van der Waals surface area contributed by atoms with Crippen LogP contribution in [0.25, 0.3) is 67.3 Å². The molecule has 0 aliphatic heterocycles. The van der Waals surface area contributed by atoms with Gasteiger partial charge >= 0.3 is 0 Å². The summed E-state index contributed by atoms with van der Waals surface area (Å²) in [5.41, 5.74) is 15.4. The Kier molecular flexibility index (Phi) is 7.44. The van der Waals surface area contributed by atoms with Gasteiger partial charge in [0.15, 0.2) is 5.82 Å². The van der Waals surface area contributed by atoms with Gasteiger partial charge in [0.25, 0.3) is 0 Å². The molecule has 7 aromatic rings. The summed E-state index contributed by atoms with van der Waals surface area (Å²) in [6.07, 6.45) is 5.90. The molecule has 0 amide bonds. The largest absolute Gasteiger partial charge is 0.228 e. The van der Waals surface area contributed by atoms with E-state index in [-0.39, 0.29) is 5.41 Å². The molecule has 1 aromatic heterocycles. The normalized spacial score (nSPS) is 14.1. The van der Waals surface area contributed by atoms with E-state index in [1.807, 2.05) is 18.2 Å². The third kappa shape index (κ3) is 4.96. The van der Waals surface area contributed by atoms with Crippen molar-refractivity contribution in [3.8, 4) is 73.4 Å². The molecule has 9 rings (SSSR count). The Morgan fingerprint density at radius 1 is 0.460 bits per heavy atom. The van der Waals surface area contributed by atoms with Crippen LogP contribution < -0.4 is 0 Å². The molecule has 3 heteroatoms. The van der Waals surface area contributed by atoms with Crippen LogP contribution in [0.2, 0.25) is 0 Å². The predicted octanol–water partition coefficient (Wildman–Crippen LogP) is 11.9. The summed E-state index contributed by atoms with van der Waals surface area (Å²) < 4.78 is 0. The zero-order chi connectivity index (χ0) is 33.5. The highest BCUT2D eigenvalue weighted by Gasteiger charge is 2.44. The lowest BCUT2D eigenvalue weighted by molar-refractivity contribution is 0.353. The fraction of sp³-hybridized carbons (Fsp3) is 0.128. The number of fused-ring (bicyclic) bond motifs is 5. The van der Waals surface area contributed by atoms with Gasteiger partial charge in [0.05, 0.1) is 23.0 Å². The number of nitrogens with zero attached hydrogens (tertiary/aromatic N) is 3. The minimum absolute atomic E-state index is 0.0511. The third-order valence-corrected chi connectivity index (χ3v) is 10.8. The van der Waals surface area contributed by atoms with Gasteiger partial charge in [-0.1, -0.05) is 153 Å². The zero-order valence-corrected chi connectivity index (χ0v) is 27.8. The molecular weight excluding hydrogens is 607 g/mol. The lowest BCUT2D eigenvalue weighted by atomic mass is 9.67. The van der Waals surface area contributed by atoms with Crippen molar-refractivity contribution < 1.29 is 0 Å². The van der Waals surface area contributed by atoms with Gasteiger partial charge in [-0.15, -0.1) is 0 Å². The molecular formula is C47H35N3. The predicted molar refractivity (Wildman–Crippen MR) is 203 cm³/mol. The molecule has 0 unspecified atom stereocenters. The fourth-order valence-corrected chi connectivity index (χ4v) is 8.48. The van der Waals surface area contributed by atoms with Crippen molar-refractivity contribution in [3.05, 3.63) is 168 Å². The van der Waals surface area contributed by atoms with Crippen molar-refractivity contribution in [2.75, 3.05) is 0 Å². The molecule has 2 aliphatic rings. The summed E-state index contributed by atoms with van der Waals surface area (Å²) in [5, 5.41) is 9.90. The Balaban J connectivity index is 1.27. The van der Waals surface area contributed by atoms with Crippen molar-refractivity contribution >= 4 is 0 Å². The number of hydrogen-bond acceptors (Lipinski definition) is 3. The SMILES string of the molecule is N#Cc1ccc2c(c1)C1(CCCCC1)c1cccc(-c3ccccc3-c3cc(-c4ccccc4)nc(-c4ccccc4-c4ccccc4)n3)c1-2. The third-order valence-electron chi connectivity index (χ3n) is 10.8. The van der Waals surface area contributed by atoms with Crippen LogP contribution in [0, 0.1) is 11.3 Å². The van der Waals surface area contributed by atoms with Crippen molar-refractivity contribution in [2.24, 2.45) is 0 Å². The van der Waals surface area contributed by atoms with E-state index in [1.165, 1.54) is 47.1 Å². The van der Waals surface area contributed by atoms with E-state index in [4.69, 9.17) is 9.97 Å². The summed E-state index contributed by atoms with van der Waals surface area (Å²) in [5.74, 6) is 0.699. The second-order valence-electron chi connectivity index (χ2n) is 13.5. The van der Waals surface area contributed by atoms with Crippen molar-refractivity contribution in [1.29, 1.82) is 5.26 Å². The van der Waals surface area contributed by atoms with Gasteiger partial charge in [0, 0.05) is 22.1 Å². The second-order valence-corrected chi connectivity index (χ2v) is 13.5. The first-order valence-electron chi connectivity index (χ1n) is 17.6. The molecule has 0 saturated heterocycles. The van der Waals surface area contributed by atoms with Crippen LogP contribution in [0.3, 0.4) is 0 Å². The number of aromatic nitrogens is 2. The summed E-state index contributed by atoms with van der Waals surface area (Å²) in [6, 6.07) is 55.7. The molecule has 0 N–H and O–H groups in total. The van der Waals surface area contributed by atoms with Crippen molar-refractivity contribution in [2.45, 2.75) is 37.5 Å². The van der Waals surface area contributed by atoms with Crippen LogP contribution in [-0.2, 0) is 5.41 Å². The van der Waals surface area contributed by atoms with Gasteiger partial charge in [-0.05, 0) is 75.5 Å². The highest BCUT2D eigenvalue weighted by Crippen LogP contribution is 2.58. The van der Waals surface area contributed by atoms with Crippen LogP contribution >= 0.6 is 0 Å². The Bertz CT molecular complexity index is 2410. The van der Waals surface area contributed by atoms with Gasteiger partial charge in [0.1, 0.15) is 0 Å². The monoisotopic (exact) mass is 641 g/mol. The lowest BCUT2D eigenvalue weighted by Gasteiger charge is -2.36. The molecule has 3 nitrogen and oxygen atoms in total. The summed E-state index contributed by atoms with van der Waals surface area (Å²) in [4.78, 5) is 10.6. The maximum atomic E-state index is 9.90. The highest BCUT2D eigenvalue weighted by molar-refractivity contribution is 5.97. The van der Waals surface area contributed by atoms with E-state index < -0.39 is 0 Å². The molecule has 0 radical (unpaired) electrons. The van der Waals surface area contributed by atoms with Crippen LogP contribution in [0.1, 0.15) is 48.8 Å². The number of benzene rings is 6. The van der Waals surface area contributed by atoms with Gasteiger partial charge in [-0.3, -0.25) is 0 Å². The van der Waals surface area contributed by atoms with E-state index in [1.54, 1.807) is 0 Å². The number of nitriles is 1. The number of hydrogen-bond donors (Lipinski definition) is 0. The van der Waals surface area contributed by atoms with E-state index >= 15 is 0 Å². The topological polar surface area (TPSA) is 49.6 Å². The van der Waals surface area contributed by atoms with Crippen LogP contribution in [-0.4, -0.2) is 9.97 Å². The molecule has 1 saturated carbocycles.